The van der Waals surface area contributed by atoms with Gasteiger partial charge in [-0.1, -0.05) is 48.5 Å². The van der Waals surface area contributed by atoms with E-state index in [1.807, 2.05) is 6.07 Å². The molecule has 136 valence electrons. The average molecular weight is 372 g/mol. The molecule has 0 aromatic heterocycles. The van der Waals surface area contributed by atoms with E-state index in [0.717, 1.165) is 0 Å². The van der Waals surface area contributed by atoms with Crippen LogP contribution in [-0.4, -0.2) is 33.5 Å². The smallest absolute Gasteiger partial charge is 0.263 e. The monoisotopic (exact) mass is 372 g/mol. The predicted octanol–water partition coefficient (Wildman–Crippen LogP) is 2.09. The van der Waals surface area contributed by atoms with Gasteiger partial charge in [0.15, 0.2) is 6.10 Å². The van der Waals surface area contributed by atoms with E-state index in [1.165, 1.54) is 4.31 Å². The third-order valence-electron chi connectivity index (χ3n) is 3.98. The van der Waals surface area contributed by atoms with Gasteiger partial charge in [-0.2, -0.15) is 0 Å². The van der Waals surface area contributed by atoms with Gasteiger partial charge in [-0.3, -0.25) is 9.10 Å². The Morgan fingerprint density at radius 3 is 2.62 bits per heavy atom. The summed E-state index contributed by atoms with van der Waals surface area (Å²) in [6.07, 6.45) is 0.633. The van der Waals surface area contributed by atoms with Crippen LogP contribution in [0.3, 0.4) is 0 Å². The molecule has 1 aliphatic rings. The lowest BCUT2D eigenvalue weighted by Gasteiger charge is -2.34. The van der Waals surface area contributed by atoms with Gasteiger partial charge in [-0.25, -0.2) is 8.42 Å². The van der Waals surface area contributed by atoms with Crippen molar-refractivity contribution >= 4 is 21.6 Å². The van der Waals surface area contributed by atoms with Gasteiger partial charge in [0.05, 0.1) is 18.0 Å². The topological polar surface area (TPSA) is 75.7 Å². The van der Waals surface area contributed by atoms with Gasteiger partial charge in [0, 0.05) is 6.54 Å². The number of fused-ring (bicyclic) bond motifs is 1. The van der Waals surface area contributed by atoms with E-state index in [1.54, 1.807) is 54.6 Å². The maximum Gasteiger partial charge on any atom is 0.263 e. The molecule has 26 heavy (non-hydrogen) atoms. The highest BCUT2D eigenvalue weighted by Crippen LogP contribution is 2.35. The van der Waals surface area contributed by atoms with E-state index in [4.69, 9.17) is 4.74 Å². The average Bonchev–Trinajstić information content (AvgIpc) is 2.65. The summed E-state index contributed by atoms with van der Waals surface area (Å²) in [7, 11) is -3.68. The van der Waals surface area contributed by atoms with Gasteiger partial charge in [-0.05, 0) is 17.7 Å². The number of benzene rings is 2. The molecule has 1 atom stereocenters. The van der Waals surface area contributed by atoms with Crippen LogP contribution < -0.4 is 14.4 Å². The number of rotatable bonds is 6. The maximum atomic E-state index is 13.0. The highest BCUT2D eigenvalue weighted by atomic mass is 32.2. The van der Waals surface area contributed by atoms with Crippen molar-refractivity contribution in [1.82, 2.24) is 5.32 Å². The lowest BCUT2D eigenvalue weighted by atomic mass is 10.2. The summed E-state index contributed by atoms with van der Waals surface area (Å²) in [5.41, 5.74) is 1.13. The number of nitrogens with zero attached hydrogens (tertiary/aromatic N) is 1. The first kappa shape index (κ1) is 18.0. The number of sulfonamides is 1. The second-order valence-corrected chi connectivity index (χ2v) is 7.77. The molecule has 0 aliphatic carbocycles. The van der Waals surface area contributed by atoms with Gasteiger partial charge in [0.1, 0.15) is 5.75 Å². The minimum Gasteiger partial charge on any atom is -0.476 e. The zero-order valence-electron chi connectivity index (χ0n) is 14.2. The number of amides is 1. The second-order valence-electron chi connectivity index (χ2n) is 5.88. The molecule has 0 spiro atoms. The Kier molecular flexibility index (Phi) is 5.27. The van der Waals surface area contributed by atoms with Crippen LogP contribution in [0.5, 0.6) is 5.75 Å². The number of carbonyl (C=O) groups is 1. The number of nitrogens with one attached hydrogen (secondary N) is 1. The van der Waals surface area contributed by atoms with Gasteiger partial charge < -0.3 is 10.1 Å². The van der Waals surface area contributed by atoms with Crippen molar-refractivity contribution in [2.45, 2.75) is 11.9 Å². The Bertz CT molecular complexity index is 897. The largest absolute Gasteiger partial charge is 0.476 e. The molecule has 3 rings (SSSR count). The van der Waals surface area contributed by atoms with Crippen LogP contribution in [-0.2, 0) is 20.6 Å². The van der Waals surface area contributed by atoms with Crippen molar-refractivity contribution in [3.05, 3.63) is 72.8 Å². The summed E-state index contributed by atoms with van der Waals surface area (Å²) in [6, 6.07) is 15.8. The number of para-hydroxylation sites is 2. The molecule has 0 saturated carbocycles. The Hall–Kier alpha value is -2.80. The Morgan fingerprint density at radius 1 is 1.19 bits per heavy atom. The summed E-state index contributed by atoms with van der Waals surface area (Å²) < 4.78 is 33.0. The zero-order valence-corrected chi connectivity index (χ0v) is 15.0. The number of ether oxygens (including phenoxy) is 1. The normalized spacial score (nSPS) is 16.3. The quantitative estimate of drug-likeness (QED) is 0.788. The van der Waals surface area contributed by atoms with Crippen molar-refractivity contribution in [3.8, 4) is 5.75 Å². The first-order chi connectivity index (χ1) is 12.5. The molecule has 2 aromatic rings. The molecule has 2 aromatic carbocycles. The molecular weight excluding hydrogens is 352 g/mol. The summed E-state index contributed by atoms with van der Waals surface area (Å²) in [6.45, 7) is 3.77. The van der Waals surface area contributed by atoms with E-state index >= 15 is 0 Å². The fourth-order valence-corrected chi connectivity index (χ4v) is 4.33. The number of carbonyl (C=O) groups excluding carboxylic acids is 1. The van der Waals surface area contributed by atoms with Crippen LogP contribution >= 0.6 is 0 Å². The maximum absolute atomic E-state index is 13.0. The van der Waals surface area contributed by atoms with Crippen molar-refractivity contribution in [1.29, 1.82) is 0 Å². The van der Waals surface area contributed by atoms with Gasteiger partial charge in [0.25, 0.3) is 5.91 Å². The highest BCUT2D eigenvalue weighted by molar-refractivity contribution is 7.92. The van der Waals surface area contributed by atoms with Crippen molar-refractivity contribution in [2.75, 3.05) is 17.4 Å². The number of anilines is 1. The lowest BCUT2D eigenvalue weighted by Crippen LogP contribution is -2.50. The van der Waals surface area contributed by atoms with E-state index in [2.05, 4.69) is 11.9 Å². The second kappa shape index (κ2) is 7.61. The first-order valence-corrected chi connectivity index (χ1v) is 9.81. The van der Waals surface area contributed by atoms with Crippen molar-refractivity contribution < 1.29 is 17.9 Å². The van der Waals surface area contributed by atoms with Crippen LogP contribution in [0, 0.1) is 0 Å². The molecular formula is C19H20N2O4S. The molecule has 0 bridgehead atoms. The molecule has 6 nitrogen and oxygen atoms in total. The molecule has 7 heteroatoms. The van der Waals surface area contributed by atoms with Crippen LogP contribution in [0.15, 0.2) is 67.3 Å². The Balaban J connectivity index is 1.91. The zero-order chi connectivity index (χ0) is 18.6. The minimum atomic E-state index is -3.68. The third kappa shape index (κ3) is 3.88. The van der Waals surface area contributed by atoms with Gasteiger partial charge >= 0.3 is 0 Å². The lowest BCUT2D eigenvalue weighted by molar-refractivity contribution is -0.127. The molecule has 1 aliphatic heterocycles. The molecule has 1 amide bonds. The van der Waals surface area contributed by atoms with E-state index in [0.29, 0.717) is 17.0 Å². The van der Waals surface area contributed by atoms with Crippen LogP contribution in [0.25, 0.3) is 0 Å². The molecule has 1 unspecified atom stereocenters. The van der Waals surface area contributed by atoms with Crippen molar-refractivity contribution in [3.63, 3.8) is 0 Å². The standard InChI is InChI=1S/C19H20N2O4S/c1-2-12-20-19(22)18-13-21(16-10-6-7-11-17(16)25-18)26(23,24)14-15-8-4-3-5-9-15/h2-11,18H,1,12-14H2,(H,20,22). The highest BCUT2D eigenvalue weighted by Gasteiger charge is 2.36. The van der Waals surface area contributed by atoms with E-state index < -0.39 is 16.1 Å². The van der Waals surface area contributed by atoms with Crippen LogP contribution in [0.4, 0.5) is 5.69 Å². The van der Waals surface area contributed by atoms with E-state index in [-0.39, 0.29) is 24.7 Å². The summed E-state index contributed by atoms with van der Waals surface area (Å²) in [4.78, 5) is 12.3. The first-order valence-electron chi connectivity index (χ1n) is 8.20. The van der Waals surface area contributed by atoms with Crippen LogP contribution in [0.1, 0.15) is 5.56 Å². The fourth-order valence-electron chi connectivity index (χ4n) is 2.75. The molecule has 1 N–H and O–H groups in total. The molecule has 0 saturated heterocycles. The summed E-state index contributed by atoms with van der Waals surface area (Å²) >= 11 is 0. The number of hydrogen-bond acceptors (Lipinski definition) is 4. The van der Waals surface area contributed by atoms with Gasteiger partial charge in [0.2, 0.25) is 10.0 Å². The predicted molar refractivity (Wildman–Crippen MR) is 100 cm³/mol. The Labute approximate surface area is 153 Å². The van der Waals surface area contributed by atoms with Crippen LogP contribution in [0.2, 0.25) is 0 Å². The molecule has 0 fully saturated rings. The summed E-state index contributed by atoms with van der Waals surface area (Å²) in [5, 5.41) is 2.65. The molecule has 1 heterocycles. The minimum absolute atomic E-state index is 0.0742. The fraction of sp³-hybridized carbons (Fsp3) is 0.211. The van der Waals surface area contributed by atoms with Crippen molar-refractivity contribution in [2.24, 2.45) is 0 Å². The van der Waals surface area contributed by atoms with Gasteiger partial charge in [-0.15, -0.1) is 6.58 Å². The summed E-state index contributed by atoms with van der Waals surface area (Å²) in [5.74, 6) is -0.156. The molecule has 0 radical (unpaired) electrons. The third-order valence-corrected chi connectivity index (χ3v) is 5.69. The number of hydrogen-bond donors (Lipinski definition) is 1. The SMILES string of the molecule is C=CCNC(=O)C1CN(S(=O)(=O)Cc2ccccc2)c2ccccc2O1. The Morgan fingerprint density at radius 2 is 1.88 bits per heavy atom. The van der Waals surface area contributed by atoms with E-state index in [9.17, 15) is 13.2 Å².